The van der Waals surface area contributed by atoms with E-state index in [4.69, 9.17) is 15.2 Å². The molecule has 9 nitrogen and oxygen atoms in total. The van der Waals surface area contributed by atoms with Crippen LogP contribution in [-0.2, 0) is 14.8 Å². The van der Waals surface area contributed by atoms with E-state index in [1.165, 1.54) is 19.4 Å². The van der Waals surface area contributed by atoms with Gasteiger partial charge >= 0.3 is 0 Å². The summed E-state index contributed by atoms with van der Waals surface area (Å²) in [5.41, 5.74) is 12.3. The summed E-state index contributed by atoms with van der Waals surface area (Å²) in [5, 5.41) is 0.815. The average Bonchev–Trinajstić information content (AvgIpc) is 3.00. The highest BCUT2D eigenvalue weighted by atomic mass is 32.2. The number of anilines is 3. The zero-order valence-electron chi connectivity index (χ0n) is 24.0. The molecule has 3 aromatic carbocycles. The summed E-state index contributed by atoms with van der Waals surface area (Å²) in [6.45, 7) is 5.13. The van der Waals surface area contributed by atoms with Crippen molar-refractivity contribution in [2.45, 2.75) is 11.8 Å². The third-order valence-electron chi connectivity index (χ3n) is 7.53. The lowest BCUT2D eigenvalue weighted by molar-refractivity contribution is 0.122. The lowest BCUT2D eigenvalue weighted by atomic mass is 9.97. The van der Waals surface area contributed by atoms with Crippen LogP contribution in [0, 0.1) is 18.6 Å². The van der Waals surface area contributed by atoms with E-state index in [1.807, 2.05) is 31.2 Å². The highest BCUT2D eigenvalue weighted by Crippen LogP contribution is 2.36. The van der Waals surface area contributed by atoms with Crippen LogP contribution in [0.15, 0.2) is 77.8 Å². The van der Waals surface area contributed by atoms with Gasteiger partial charge in [0.25, 0.3) is 10.0 Å². The number of halogens is 2. The van der Waals surface area contributed by atoms with Gasteiger partial charge in [-0.15, -0.1) is 0 Å². The van der Waals surface area contributed by atoms with E-state index in [0.29, 0.717) is 36.2 Å². The summed E-state index contributed by atoms with van der Waals surface area (Å²) in [6, 6.07) is 17.6. The van der Waals surface area contributed by atoms with Crippen LogP contribution >= 0.6 is 0 Å². The standard InChI is InChI=1S/C32H29F2N5O4S/c1-19-13-24(39-9-11-43-12-10-39)5-6-25(19)26-15-21-14-20(3-7-28(21)37-31(26)35)22-16-29(32(42-2)36-18-22)38-44(40,41)30-8-4-23(33)17-27(30)34/h3-8,13-18,38H,9-12H2,1-2H3,(H2,35,37). The fraction of sp³-hybridized carbons (Fsp3) is 0.188. The Hall–Kier alpha value is -4.81. The fourth-order valence-corrected chi connectivity index (χ4v) is 6.40. The van der Waals surface area contributed by atoms with Crippen molar-refractivity contribution < 1.29 is 26.7 Å². The molecule has 0 radical (unpaired) electrons. The summed E-state index contributed by atoms with van der Waals surface area (Å²) in [6.07, 6.45) is 1.54. The molecule has 3 N–H and O–H groups in total. The Morgan fingerprint density at radius 2 is 1.75 bits per heavy atom. The topological polar surface area (TPSA) is 120 Å². The minimum absolute atomic E-state index is 0.0130. The fourth-order valence-electron chi connectivity index (χ4n) is 5.29. The second-order valence-corrected chi connectivity index (χ2v) is 12.0. The molecule has 0 atom stereocenters. The number of hydrogen-bond acceptors (Lipinski definition) is 8. The van der Waals surface area contributed by atoms with E-state index < -0.39 is 26.6 Å². The third kappa shape index (κ3) is 5.73. The number of hydrogen-bond donors (Lipinski definition) is 2. The molecule has 0 saturated carbocycles. The normalized spacial score (nSPS) is 13.7. The highest BCUT2D eigenvalue weighted by molar-refractivity contribution is 7.92. The summed E-state index contributed by atoms with van der Waals surface area (Å²) in [7, 11) is -3.09. The van der Waals surface area contributed by atoms with Crippen LogP contribution in [0.25, 0.3) is 33.2 Å². The maximum Gasteiger partial charge on any atom is 0.264 e. The molecule has 0 unspecified atom stereocenters. The lowest BCUT2D eigenvalue weighted by Crippen LogP contribution is -2.36. The number of rotatable bonds is 7. The Morgan fingerprint density at radius 1 is 0.955 bits per heavy atom. The quantitative estimate of drug-likeness (QED) is 0.236. The number of nitrogens with one attached hydrogen (secondary N) is 1. The molecular formula is C32H29F2N5O4S. The number of nitrogens with zero attached hydrogens (tertiary/aromatic N) is 3. The van der Waals surface area contributed by atoms with E-state index in [9.17, 15) is 17.2 Å². The third-order valence-corrected chi connectivity index (χ3v) is 8.92. The number of sulfonamides is 1. The molecule has 1 aliphatic heterocycles. The SMILES string of the molecule is COc1ncc(-c2ccc3nc(N)c(-c4ccc(N5CCOCC5)cc4C)cc3c2)cc1NS(=O)(=O)c1ccc(F)cc1F. The summed E-state index contributed by atoms with van der Waals surface area (Å²) in [5.74, 6) is -1.72. The van der Waals surface area contributed by atoms with E-state index in [0.717, 1.165) is 58.5 Å². The monoisotopic (exact) mass is 617 g/mol. The molecule has 0 bridgehead atoms. The van der Waals surface area contributed by atoms with Crippen molar-refractivity contribution >= 4 is 38.1 Å². The second-order valence-electron chi connectivity index (χ2n) is 10.4. The number of methoxy groups -OCH3 is 1. The van der Waals surface area contributed by atoms with Gasteiger partial charge in [-0.25, -0.2) is 27.2 Å². The van der Waals surface area contributed by atoms with Gasteiger partial charge in [-0.05, 0) is 72.1 Å². The van der Waals surface area contributed by atoms with Crippen LogP contribution in [0.5, 0.6) is 5.88 Å². The van der Waals surface area contributed by atoms with Crippen LogP contribution in [0.1, 0.15) is 5.56 Å². The zero-order chi connectivity index (χ0) is 31.0. The van der Waals surface area contributed by atoms with E-state index >= 15 is 0 Å². The van der Waals surface area contributed by atoms with Crippen LogP contribution in [0.4, 0.5) is 26.0 Å². The molecule has 0 aliphatic carbocycles. The minimum atomic E-state index is -4.43. The Morgan fingerprint density at radius 3 is 2.48 bits per heavy atom. The van der Waals surface area contributed by atoms with Crippen molar-refractivity contribution in [3.8, 4) is 28.1 Å². The van der Waals surface area contributed by atoms with Gasteiger partial charge in [0, 0.05) is 47.6 Å². The van der Waals surface area contributed by atoms with Crippen molar-refractivity contribution in [3.63, 3.8) is 0 Å². The minimum Gasteiger partial charge on any atom is -0.480 e. The number of nitrogens with two attached hydrogens (primary N) is 1. The molecular weight excluding hydrogens is 588 g/mol. The molecule has 5 aromatic rings. The van der Waals surface area contributed by atoms with Gasteiger partial charge in [0.15, 0.2) is 0 Å². The summed E-state index contributed by atoms with van der Waals surface area (Å²) in [4.78, 5) is 10.5. The molecule has 6 rings (SSSR count). The molecule has 1 aliphatic rings. The Kier molecular flexibility index (Phi) is 7.78. The Balaban J connectivity index is 1.35. The number of morpholine rings is 1. The van der Waals surface area contributed by atoms with Gasteiger partial charge < -0.3 is 20.1 Å². The maximum absolute atomic E-state index is 14.3. The average molecular weight is 618 g/mol. The molecule has 0 amide bonds. The number of aryl methyl sites for hydroxylation is 1. The van der Waals surface area contributed by atoms with E-state index in [2.05, 4.69) is 37.8 Å². The molecule has 226 valence electrons. The maximum atomic E-state index is 14.3. The molecule has 3 heterocycles. The first kappa shape index (κ1) is 29.3. The number of benzene rings is 3. The first-order valence-corrected chi connectivity index (χ1v) is 15.3. The molecule has 2 aromatic heterocycles. The van der Waals surface area contributed by atoms with Crippen LogP contribution in [0.3, 0.4) is 0 Å². The predicted molar refractivity (Wildman–Crippen MR) is 166 cm³/mol. The summed E-state index contributed by atoms with van der Waals surface area (Å²) < 4.78 is 66.7. The highest BCUT2D eigenvalue weighted by Gasteiger charge is 2.22. The Bertz CT molecular complexity index is 2000. The van der Waals surface area contributed by atoms with Crippen molar-refractivity contribution in [2.75, 3.05) is 48.8 Å². The lowest BCUT2D eigenvalue weighted by Gasteiger charge is -2.29. The van der Waals surface area contributed by atoms with Crippen LogP contribution < -0.4 is 20.1 Å². The van der Waals surface area contributed by atoms with Gasteiger partial charge in [-0.3, -0.25) is 4.72 Å². The van der Waals surface area contributed by atoms with E-state index in [1.54, 1.807) is 0 Å². The Labute approximate surface area is 253 Å². The summed E-state index contributed by atoms with van der Waals surface area (Å²) >= 11 is 0. The van der Waals surface area contributed by atoms with Gasteiger partial charge in [-0.1, -0.05) is 12.1 Å². The van der Waals surface area contributed by atoms with Gasteiger partial charge in [0.05, 0.1) is 25.8 Å². The number of ether oxygens (including phenoxy) is 2. The number of pyridine rings is 2. The molecule has 12 heteroatoms. The second kappa shape index (κ2) is 11.7. The predicted octanol–water partition coefficient (Wildman–Crippen LogP) is 5.78. The first-order chi connectivity index (χ1) is 21.1. The zero-order valence-corrected chi connectivity index (χ0v) is 24.8. The number of fused-ring (bicyclic) bond motifs is 1. The van der Waals surface area contributed by atoms with Gasteiger partial charge in [-0.2, -0.15) is 0 Å². The molecule has 0 spiro atoms. The largest absolute Gasteiger partial charge is 0.480 e. The molecule has 1 saturated heterocycles. The van der Waals surface area contributed by atoms with E-state index in [-0.39, 0.29) is 11.6 Å². The smallest absolute Gasteiger partial charge is 0.264 e. The molecule has 1 fully saturated rings. The van der Waals surface area contributed by atoms with Crippen molar-refractivity contribution in [1.29, 1.82) is 0 Å². The number of nitrogen functional groups attached to an aromatic ring is 1. The van der Waals surface area contributed by atoms with Crippen molar-refractivity contribution in [2.24, 2.45) is 0 Å². The van der Waals surface area contributed by atoms with Gasteiger partial charge in [0.2, 0.25) is 5.88 Å². The van der Waals surface area contributed by atoms with Crippen molar-refractivity contribution in [1.82, 2.24) is 9.97 Å². The molecule has 44 heavy (non-hydrogen) atoms. The van der Waals surface area contributed by atoms with Crippen molar-refractivity contribution in [3.05, 3.63) is 90.1 Å². The first-order valence-electron chi connectivity index (χ1n) is 13.8. The number of aromatic nitrogens is 2. The van der Waals surface area contributed by atoms with Crippen LogP contribution in [0.2, 0.25) is 0 Å². The van der Waals surface area contributed by atoms with Crippen LogP contribution in [-0.4, -0.2) is 51.8 Å². The van der Waals surface area contributed by atoms with Gasteiger partial charge in [0.1, 0.15) is 28.0 Å².